The Kier molecular flexibility index (Phi) is 6.49. The number of sulfonamides is 1. The van der Waals surface area contributed by atoms with Gasteiger partial charge in [-0.05, 0) is 24.3 Å². The van der Waals surface area contributed by atoms with Crippen molar-refractivity contribution in [1.82, 2.24) is 4.72 Å². The van der Waals surface area contributed by atoms with Crippen molar-refractivity contribution in [3.05, 3.63) is 60.2 Å². The summed E-state index contributed by atoms with van der Waals surface area (Å²) in [5.41, 5.74) is 2.26. The van der Waals surface area contributed by atoms with Crippen LogP contribution in [-0.4, -0.2) is 55.4 Å². The van der Waals surface area contributed by atoms with E-state index in [1.807, 2.05) is 20.2 Å². The summed E-state index contributed by atoms with van der Waals surface area (Å²) in [4.78, 5) is 3.69. The maximum absolute atomic E-state index is 12.6. The molecule has 1 fully saturated rings. The van der Waals surface area contributed by atoms with E-state index in [0.29, 0.717) is 24.7 Å². The molecular weight excluding hydrogens is 362 g/mol. The summed E-state index contributed by atoms with van der Waals surface area (Å²) in [5.74, 6) is 0. The van der Waals surface area contributed by atoms with Crippen molar-refractivity contribution >= 4 is 15.7 Å². The van der Waals surface area contributed by atoms with Crippen LogP contribution in [0.5, 0.6) is 0 Å². The Morgan fingerprint density at radius 3 is 2.26 bits per heavy atom. The molecule has 2 N–H and O–H groups in total. The fourth-order valence-electron chi connectivity index (χ4n) is 3.36. The summed E-state index contributed by atoms with van der Waals surface area (Å²) in [6, 6.07) is 16.9. The van der Waals surface area contributed by atoms with Gasteiger partial charge in [-0.1, -0.05) is 30.3 Å². The van der Waals surface area contributed by atoms with E-state index in [9.17, 15) is 8.42 Å². The lowest BCUT2D eigenvalue weighted by Gasteiger charge is -2.32. The van der Waals surface area contributed by atoms with Crippen LogP contribution in [0.3, 0.4) is 0 Å². The topological polar surface area (TPSA) is 63.1 Å². The fourth-order valence-corrected chi connectivity index (χ4v) is 4.43. The number of benzene rings is 2. The molecule has 0 amide bonds. The minimum absolute atomic E-state index is 0.0450. The van der Waals surface area contributed by atoms with Gasteiger partial charge in [0.2, 0.25) is 10.0 Å². The summed E-state index contributed by atoms with van der Waals surface area (Å²) in [6.45, 7) is 3.49. The first kappa shape index (κ1) is 19.8. The Morgan fingerprint density at radius 2 is 1.67 bits per heavy atom. The number of hydrogen-bond acceptors (Lipinski definition) is 4. The molecule has 0 aliphatic carbocycles. The van der Waals surface area contributed by atoms with E-state index >= 15 is 0 Å². The molecule has 146 valence electrons. The van der Waals surface area contributed by atoms with Gasteiger partial charge in [0.15, 0.2) is 0 Å². The highest BCUT2D eigenvalue weighted by atomic mass is 32.2. The maximum Gasteiger partial charge on any atom is 0.240 e. The molecule has 0 bridgehead atoms. The third kappa shape index (κ3) is 5.07. The van der Waals surface area contributed by atoms with Gasteiger partial charge in [-0.2, -0.15) is 0 Å². The average molecular weight is 391 g/mol. The molecule has 0 saturated carbocycles. The van der Waals surface area contributed by atoms with E-state index in [4.69, 9.17) is 4.74 Å². The Balaban J connectivity index is 1.80. The van der Waals surface area contributed by atoms with Crippen molar-refractivity contribution < 1.29 is 18.1 Å². The van der Waals surface area contributed by atoms with Crippen LogP contribution in [0.1, 0.15) is 11.6 Å². The third-order valence-electron chi connectivity index (χ3n) is 4.97. The normalized spacial score (nSPS) is 16.8. The van der Waals surface area contributed by atoms with E-state index in [1.54, 1.807) is 24.3 Å². The zero-order valence-corrected chi connectivity index (χ0v) is 16.7. The lowest BCUT2D eigenvalue weighted by Crippen LogP contribution is -3.15. The highest BCUT2D eigenvalue weighted by molar-refractivity contribution is 7.89. The molecule has 0 radical (unpaired) electrons. The third-order valence-corrected chi connectivity index (χ3v) is 6.41. The molecule has 2 aromatic rings. The number of quaternary nitrogens is 1. The molecule has 2 aromatic carbocycles. The first-order valence-corrected chi connectivity index (χ1v) is 10.7. The van der Waals surface area contributed by atoms with Crippen LogP contribution in [0.25, 0.3) is 0 Å². The van der Waals surface area contributed by atoms with Crippen molar-refractivity contribution in [2.75, 3.05) is 51.8 Å². The molecular formula is C20H28N3O3S+. The van der Waals surface area contributed by atoms with Gasteiger partial charge in [-0.15, -0.1) is 0 Å². The van der Waals surface area contributed by atoms with Crippen LogP contribution in [0.2, 0.25) is 0 Å². The zero-order valence-electron chi connectivity index (χ0n) is 15.9. The van der Waals surface area contributed by atoms with Gasteiger partial charge in [0.1, 0.15) is 19.1 Å². The van der Waals surface area contributed by atoms with Crippen LogP contribution in [0.15, 0.2) is 59.5 Å². The first-order chi connectivity index (χ1) is 13.0. The zero-order chi connectivity index (χ0) is 19.3. The van der Waals surface area contributed by atoms with Gasteiger partial charge in [0, 0.05) is 25.3 Å². The minimum Gasteiger partial charge on any atom is -0.378 e. The lowest BCUT2D eigenvalue weighted by atomic mass is 10.0. The molecule has 0 aromatic heterocycles. The number of morpholine rings is 1. The Morgan fingerprint density at radius 1 is 1.04 bits per heavy atom. The second-order valence-electron chi connectivity index (χ2n) is 6.97. The molecule has 1 heterocycles. The highest BCUT2D eigenvalue weighted by Crippen LogP contribution is 2.17. The molecule has 27 heavy (non-hydrogen) atoms. The molecule has 1 atom stereocenters. The predicted octanol–water partition coefficient (Wildman–Crippen LogP) is 0.687. The van der Waals surface area contributed by atoms with Gasteiger partial charge >= 0.3 is 0 Å². The molecule has 1 saturated heterocycles. The second-order valence-corrected chi connectivity index (χ2v) is 8.74. The van der Waals surface area contributed by atoms with Gasteiger partial charge < -0.3 is 14.5 Å². The van der Waals surface area contributed by atoms with Gasteiger partial charge in [-0.25, -0.2) is 13.1 Å². The summed E-state index contributed by atoms with van der Waals surface area (Å²) in [7, 11) is 0.489. The Hall–Kier alpha value is -1.93. The minimum atomic E-state index is -3.53. The van der Waals surface area contributed by atoms with E-state index < -0.39 is 10.0 Å². The van der Waals surface area contributed by atoms with Crippen LogP contribution < -0.4 is 14.5 Å². The maximum atomic E-state index is 12.6. The summed E-state index contributed by atoms with van der Waals surface area (Å²) < 4.78 is 33.6. The number of rotatable bonds is 7. The smallest absolute Gasteiger partial charge is 0.240 e. The summed E-state index contributed by atoms with van der Waals surface area (Å²) in [5, 5.41) is 0. The second kappa shape index (κ2) is 8.84. The van der Waals surface area contributed by atoms with Crippen molar-refractivity contribution in [1.29, 1.82) is 0 Å². The number of ether oxygens (including phenoxy) is 1. The molecule has 0 spiro atoms. The van der Waals surface area contributed by atoms with E-state index in [-0.39, 0.29) is 6.04 Å². The Bertz CT molecular complexity index is 817. The van der Waals surface area contributed by atoms with E-state index in [2.05, 4.69) is 33.9 Å². The molecule has 0 unspecified atom stereocenters. The average Bonchev–Trinajstić information content (AvgIpc) is 2.70. The summed E-state index contributed by atoms with van der Waals surface area (Å²) in [6.07, 6.45) is 0. The van der Waals surface area contributed by atoms with Gasteiger partial charge in [0.25, 0.3) is 0 Å². The van der Waals surface area contributed by atoms with Crippen LogP contribution in [0.4, 0.5) is 5.69 Å². The fraction of sp³-hybridized carbons (Fsp3) is 0.400. The molecule has 1 aliphatic heterocycles. The quantitative estimate of drug-likeness (QED) is 0.730. The van der Waals surface area contributed by atoms with Crippen LogP contribution >= 0.6 is 0 Å². The number of hydrogen-bond donors (Lipinski definition) is 2. The Labute approximate surface area is 161 Å². The number of anilines is 1. The van der Waals surface area contributed by atoms with Gasteiger partial charge in [-0.3, -0.25) is 0 Å². The lowest BCUT2D eigenvalue weighted by molar-refractivity contribution is -0.937. The molecule has 7 heteroatoms. The van der Waals surface area contributed by atoms with Crippen molar-refractivity contribution in [2.45, 2.75) is 10.9 Å². The molecule has 1 aliphatic rings. The van der Waals surface area contributed by atoms with Gasteiger partial charge in [0.05, 0.1) is 24.7 Å². The molecule has 3 rings (SSSR count). The summed E-state index contributed by atoms with van der Waals surface area (Å²) >= 11 is 0. The van der Waals surface area contributed by atoms with Crippen LogP contribution in [-0.2, 0) is 14.8 Å². The van der Waals surface area contributed by atoms with Crippen molar-refractivity contribution in [3.8, 4) is 0 Å². The van der Waals surface area contributed by atoms with E-state index in [0.717, 1.165) is 24.3 Å². The standard InChI is InChI=1S/C20H27N3O3S/c1-22(2)18-10-8-17(9-11-18)20(23-12-14-26-15-13-23)16-21-27(24,25)19-6-4-3-5-7-19/h3-11,20-21H,12-16H2,1-2H3/p+1/t20-/m1/s1. The van der Waals surface area contributed by atoms with Crippen molar-refractivity contribution in [3.63, 3.8) is 0 Å². The SMILES string of the molecule is CN(C)c1ccc([C@@H](CNS(=O)(=O)c2ccccc2)[NH+]2CCOCC2)cc1. The van der Waals surface area contributed by atoms with E-state index in [1.165, 1.54) is 4.90 Å². The highest BCUT2D eigenvalue weighted by Gasteiger charge is 2.28. The van der Waals surface area contributed by atoms with Crippen LogP contribution in [0, 0.1) is 0 Å². The monoisotopic (exact) mass is 390 g/mol. The number of nitrogens with zero attached hydrogens (tertiary/aromatic N) is 1. The number of nitrogens with one attached hydrogen (secondary N) is 2. The predicted molar refractivity (Wildman–Crippen MR) is 107 cm³/mol. The first-order valence-electron chi connectivity index (χ1n) is 9.22. The van der Waals surface area contributed by atoms with Crippen molar-refractivity contribution in [2.24, 2.45) is 0 Å². The molecule has 6 nitrogen and oxygen atoms in total. The largest absolute Gasteiger partial charge is 0.378 e.